The van der Waals surface area contributed by atoms with Gasteiger partial charge in [-0.3, -0.25) is 0 Å². The SMILES string of the molecule is CCc1cccc(-[c-]2c(C)c([Si])c3ccccc32)c1CC.Cl.Cl.Cl.[Ti]. The van der Waals surface area contributed by atoms with Gasteiger partial charge < -0.3 is 0 Å². The van der Waals surface area contributed by atoms with Crippen molar-refractivity contribution in [2.24, 2.45) is 0 Å². The second-order valence-electron chi connectivity index (χ2n) is 5.57. The van der Waals surface area contributed by atoms with Crippen LogP contribution in [0.2, 0.25) is 0 Å². The van der Waals surface area contributed by atoms with E-state index in [1.54, 1.807) is 0 Å². The van der Waals surface area contributed by atoms with Crippen LogP contribution in [0.5, 0.6) is 0 Å². The maximum Gasteiger partial charge on any atom is 0.0103 e. The van der Waals surface area contributed by atoms with E-state index in [9.17, 15) is 0 Å². The van der Waals surface area contributed by atoms with Crippen LogP contribution in [-0.4, -0.2) is 10.2 Å². The monoisotopic (exact) mass is 444 g/mol. The minimum Gasteiger partial charge on any atom is -0.147 e. The van der Waals surface area contributed by atoms with Gasteiger partial charge >= 0.3 is 0 Å². The number of aryl methyl sites for hydroxylation is 1. The van der Waals surface area contributed by atoms with Gasteiger partial charge in [-0.05, 0) is 6.42 Å². The average molecular weight is 446 g/mol. The molecule has 0 unspecified atom stereocenters. The van der Waals surface area contributed by atoms with Crippen LogP contribution in [0.1, 0.15) is 30.5 Å². The molecule has 0 aliphatic carbocycles. The summed E-state index contributed by atoms with van der Waals surface area (Å²) in [7, 11) is 3.84. The fourth-order valence-electron chi connectivity index (χ4n) is 3.41. The van der Waals surface area contributed by atoms with Gasteiger partial charge in [-0.25, -0.2) is 0 Å². The number of benzene rings is 2. The van der Waals surface area contributed by atoms with Gasteiger partial charge in [0, 0.05) is 32.0 Å². The molecule has 25 heavy (non-hydrogen) atoms. The minimum absolute atomic E-state index is 0. The zero-order valence-electron chi connectivity index (χ0n) is 14.7. The first kappa shape index (κ1) is 27.1. The Morgan fingerprint density at radius 3 is 2.12 bits per heavy atom. The van der Waals surface area contributed by atoms with Crippen molar-refractivity contribution >= 4 is 63.4 Å². The van der Waals surface area contributed by atoms with E-state index in [2.05, 4.69) is 73.5 Å². The van der Waals surface area contributed by atoms with Crippen LogP contribution in [0.25, 0.3) is 21.9 Å². The quantitative estimate of drug-likeness (QED) is 0.357. The molecule has 0 aliphatic heterocycles. The Bertz CT molecular complexity index is 812. The fraction of sp³-hybridized carbons (Fsp3) is 0.250. The van der Waals surface area contributed by atoms with Crippen molar-refractivity contribution in [1.82, 2.24) is 0 Å². The van der Waals surface area contributed by atoms with Crippen LogP contribution in [0.3, 0.4) is 0 Å². The summed E-state index contributed by atoms with van der Waals surface area (Å²) >= 11 is 0. The van der Waals surface area contributed by atoms with E-state index < -0.39 is 0 Å². The first-order chi connectivity index (χ1) is 10.2. The summed E-state index contributed by atoms with van der Waals surface area (Å²) in [6, 6.07) is 15.4. The van der Waals surface area contributed by atoms with Crippen molar-refractivity contribution in [2.45, 2.75) is 33.6 Å². The van der Waals surface area contributed by atoms with Crippen molar-refractivity contribution < 1.29 is 21.7 Å². The molecule has 0 saturated heterocycles. The van der Waals surface area contributed by atoms with Crippen molar-refractivity contribution in [3.63, 3.8) is 0 Å². The van der Waals surface area contributed by atoms with Gasteiger partial charge in [0.05, 0.1) is 0 Å². The molecular weight excluding hydrogens is 423 g/mol. The molecule has 133 valence electrons. The van der Waals surface area contributed by atoms with Gasteiger partial charge in [0.2, 0.25) is 0 Å². The minimum atomic E-state index is 0. The summed E-state index contributed by atoms with van der Waals surface area (Å²) in [5.74, 6) is 0. The van der Waals surface area contributed by atoms with E-state index in [4.69, 9.17) is 0 Å². The molecule has 3 rings (SSSR count). The maximum absolute atomic E-state index is 3.84. The van der Waals surface area contributed by atoms with Crippen LogP contribution in [0.15, 0.2) is 42.5 Å². The molecule has 5 heteroatoms. The van der Waals surface area contributed by atoms with Crippen LogP contribution >= 0.6 is 37.2 Å². The van der Waals surface area contributed by atoms with Crippen LogP contribution in [0.4, 0.5) is 0 Å². The maximum atomic E-state index is 3.84. The van der Waals surface area contributed by atoms with Gasteiger partial charge in [0.25, 0.3) is 0 Å². The Kier molecular flexibility index (Phi) is 12.5. The number of fused-ring (bicyclic) bond motifs is 1. The topological polar surface area (TPSA) is 0 Å². The second kappa shape index (κ2) is 11.5. The molecular formula is C20H23Cl3SiTi-. The first-order valence-corrected chi connectivity index (χ1v) is 8.19. The van der Waals surface area contributed by atoms with Gasteiger partial charge in [-0.1, -0.05) is 90.6 Å². The molecule has 0 atom stereocenters. The van der Waals surface area contributed by atoms with E-state index in [0.29, 0.717) is 0 Å². The molecule has 0 aliphatic rings. The Hall–Kier alpha value is -0.149. The van der Waals surface area contributed by atoms with Crippen molar-refractivity contribution in [1.29, 1.82) is 0 Å². The molecule has 0 fully saturated rings. The Balaban J connectivity index is 0. The van der Waals surface area contributed by atoms with E-state index in [0.717, 1.165) is 12.8 Å². The van der Waals surface area contributed by atoms with Gasteiger partial charge in [0.15, 0.2) is 0 Å². The summed E-state index contributed by atoms with van der Waals surface area (Å²) in [4.78, 5) is 0. The molecule has 0 aromatic heterocycles. The van der Waals surface area contributed by atoms with Crippen molar-refractivity contribution in [2.75, 3.05) is 0 Å². The molecule has 0 bridgehead atoms. The van der Waals surface area contributed by atoms with E-state index in [1.165, 1.54) is 43.8 Å². The Morgan fingerprint density at radius 2 is 1.52 bits per heavy atom. The third kappa shape index (κ3) is 4.77. The molecule has 0 amide bonds. The van der Waals surface area contributed by atoms with E-state index in [-0.39, 0.29) is 58.9 Å². The summed E-state index contributed by atoms with van der Waals surface area (Å²) in [5, 5.41) is 3.89. The predicted octanol–water partition coefficient (Wildman–Crippen LogP) is 5.72. The molecule has 0 saturated carbocycles. The van der Waals surface area contributed by atoms with Crippen molar-refractivity contribution in [3.05, 3.63) is 59.2 Å². The summed E-state index contributed by atoms with van der Waals surface area (Å²) in [6.45, 7) is 6.71. The second-order valence-corrected chi connectivity index (χ2v) is 6.07. The number of hydrogen-bond donors (Lipinski definition) is 0. The molecule has 3 aromatic rings. The summed E-state index contributed by atoms with van der Waals surface area (Å²) in [5.41, 5.74) is 7.09. The zero-order valence-corrected chi connectivity index (χ0v) is 19.7. The molecule has 3 aromatic carbocycles. The molecule has 0 heterocycles. The van der Waals surface area contributed by atoms with Crippen LogP contribution in [0, 0.1) is 6.92 Å². The molecule has 3 radical (unpaired) electrons. The zero-order chi connectivity index (χ0) is 15.0. The van der Waals surface area contributed by atoms with Crippen LogP contribution in [-0.2, 0) is 34.6 Å². The smallest absolute Gasteiger partial charge is 0.0103 e. The Morgan fingerprint density at radius 1 is 0.880 bits per heavy atom. The molecule has 0 spiro atoms. The predicted molar refractivity (Wildman–Crippen MR) is 116 cm³/mol. The average Bonchev–Trinajstić information content (AvgIpc) is 2.78. The third-order valence-electron chi connectivity index (χ3n) is 4.49. The largest absolute Gasteiger partial charge is 0.147 e. The number of hydrogen-bond acceptors (Lipinski definition) is 0. The molecule has 0 nitrogen and oxygen atoms in total. The van der Waals surface area contributed by atoms with Gasteiger partial charge in [-0.15, -0.1) is 60.1 Å². The normalized spacial score (nSPS) is 9.44. The Labute approximate surface area is 188 Å². The first-order valence-electron chi connectivity index (χ1n) is 7.69. The number of rotatable bonds is 3. The fourth-order valence-corrected chi connectivity index (χ4v) is 3.76. The summed E-state index contributed by atoms with van der Waals surface area (Å²) < 4.78 is 0. The molecule has 0 N–H and O–H groups in total. The van der Waals surface area contributed by atoms with E-state index >= 15 is 0 Å². The van der Waals surface area contributed by atoms with Gasteiger partial charge in [-0.2, -0.15) is 0 Å². The van der Waals surface area contributed by atoms with Crippen molar-refractivity contribution in [3.8, 4) is 11.1 Å². The van der Waals surface area contributed by atoms with E-state index in [1.807, 2.05) is 0 Å². The van der Waals surface area contributed by atoms with Crippen LogP contribution < -0.4 is 5.19 Å². The third-order valence-corrected chi connectivity index (χ3v) is 5.14. The number of halogens is 3. The van der Waals surface area contributed by atoms with Gasteiger partial charge in [0.1, 0.15) is 0 Å². The standard InChI is InChI=1S/C20H20Si.3ClH.Ti/c1-4-14-9-8-12-16(15(14)5-2)19-13(3)20(21)18-11-7-6-10-17(18)19;;;;/h6-12H,4-5H2,1-3H3;3*1H;/q-1;;;;. The summed E-state index contributed by atoms with van der Waals surface area (Å²) in [6.07, 6.45) is 2.17.